The Balaban J connectivity index is 1.43. The number of nitrogens with one attached hydrogen (secondary N) is 2. The van der Waals surface area contributed by atoms with Gasteiger partial charge in [0.15, 0.2) is 0 Å². The lowest BCUT2D eigenvalue weighted by Crippen LogP contribution is -2.48. The van der Waals surface area contributed by atoms with E-state index in [-0.39, 0.29) is 23.0 Å². The average Bonchev–Trinajstić information content (AvgIpc) is 3.16. The molecule has 0 saturated carbocycles. The zero-order valence-electron chi connectivity index (χ0n) is 17.7. The fourth-order valence-corrected chi connectivity index (χ4v) is 5.66. The number of fused-ring (bicyclic) bond motifs is 1. The first-order chi connectivity index (χ1) is 14.8. The van der Waals surface area contributed by atoms with Crippen LogP contribution in [0.5, 0.6) is 0 Å². The van der Waals surface area contributed by atoms with Gasteiger partial charge in [-0.1, -0.05) is 24.3 Å². The van der Waals surface area contributed by atoms with Crippen molar-refractivity contribution in [3.63, 3.8) is 0 Å². The van der Waals surface area contributed by atoms with Crippen molar-refractivity contribution in [1.82, 2.24) is 14.6 Å². The second-order valence-electron chi connectivity index (χ2n) is 7.97. The quantitative estimate of drug-likeness (QED) is 0.615. The molecule has 0 bridgehead atoms. The standard InChI is InChI=1S/C23H27N3O4S/c1-16-14-26(15-17(2)30-16)31(28,29)20-7-5-6-18(12-20)23(27)24-11-10-19-13-25-22-9-4-3-8-21(19)22/h3-9,12-13,16-17,25H,10-11,14-15H2,1-2H3,(H,24,27). The van der Waals surface area contributed by atoms with Crippen molar-refractivity contribution >= 4 is 26.8 Å². The number of ether oxygens (including phenoxy) is 1. The molecule has 8 heteroatoms. The summed E-state index contributed by atoms with van der Waals surface area (Å²) < 4.78 is 33.2. The highest BCUT2D eigenvalue weighted by Crippen LogP contribution is 2.22. The minimum absolute atomic E-state index is 0.123. The summed E-state index contributed by atoms with van der Waals surface area (Å²) in [6.45, 7) is 4.77. The van der Waals surface area contributed by atoms with E-state index in [0.717, 1.165) is 16.5 Å². The maximum atomic E-state index is 13.1. The molecule has 1 aliphatic heterocycles. The van der Waals surface area contributed by atoms with Crippen LogP contribution in [0.1, 0.15) is 29.8 Å². The molecular formula is C23H27N3O4S. The first kappa shape index (κ1) is 21.5. The van der Waals surface area contributed by atoms with E-state index >= 15 is 0 Å². The van der Waals surface area contributed by atoms with Gasteiger partial charge in [-0.15, -0.1) is 0 Å². The molecule has 2 N–H and O–H groups in total. The van der Waals surface area contributed by atoms with Gasteiger partial charge in [0.05, 0.1) is 17.1 Å². The third kappa shape index (κ3) is 4.66. The fraction of sp³-hybridized carbons (Fsp3) is 0.348. The molecule has 31 heavy (non-hydrogen) atoms. The molecule has 3 aromatic rings. The van der Waals surface area contributed by atoms with Crippen LogP contribution >= 0.6 is 0 Å². The number of aromatic nitrogens is 1. The Morgan fingerprint density at radius 1 is 1.13 bits per heavy atom. The highest BCUT2D eigenvalue weighted by molar-refractivity contribution is 7.89. The second-order valence-corrected chi connectivity index (χ2v) is 9.91. The van der Waals surface area contributed by atoms with E-state index in [0.29, 0.717) is 31.6 Å². The van der Waals surface area contributed by atoms with Crippen molar-refractivity contribution in [3.8, 4) is 0 Å². The molecule has 1 saturated heterocycles. The number of sulfonamides is 1. The molecule has 2 atom stereocenters. The first-order valence-corrected chi connectivity index (χ1v) is 11.9. The maximum Gasteiger partial charge on any atom is 0.251 e. The monoisotopic (exact) mass is 441 g/mol. The fourth-order valence-electron chi connectivity index (χ4n) is 4.03. The number of morpholine rings is 1. The van der Waals surface area contributed by atoms with Gasteiger partial charge < -0.3 is 15.0 Å². The van der Waals surface area contributed by atoms with Crippen LogP contribution in [0, 0.1) is 0 Å². The third-order valence-electron chi connectivity index (χ3n) is 5.47. The van der Waals surface area contributed by atoms with Gasteiger partial charge >= 0.3 is 0 Å². The van der Waals surface area contributed by atoms with Crippen LogP contribution in [0.3, 0.4) is 0 Å². The average molecular weight is 442 g/mol. The molecule has 2 heterocycles. The van der Waals surface area contributed by atoms with E-state index in [1.807, 2.05) is 44.3 Å². The van der Waals surface area contributed by atoms with Crippen molar-refractivity contribution in [1.29, 1.82) is 0 Å². The number of amides is 1. The van der Waals surface area contributed by atoms with E-state index in [1.165, 1.54) is 16.4 Å². The number of hydrogen-bond donors (Lipinski definition) is 2. The lowest BCUT2D eigenvalue weighted by atomic mass is 10.1. The summed E-state index contributed by atoms with van der Waals surface area (Å²) in [6, 6.07) is 14.2. The largest absolute Gasteiger partial charge is 0.373 e. The second kappa shape index (κ2) is 8.82. The lowest BCUT2D eigenvalue weighted by molar-refractivity contribution is -0.0440. The summed E-state index contributed by atoms with van der Waals surface area (Å²) >= 11 is 0. The highest BCUT2D eigenvalue weighted by Gasteiger charge is 2.32. The van der Waals surface area contributed by atoms with Crippen LogP contribution in [-0.4, -0.2) is 55.5 Å². The molecule has 1 amide bonds. The SMILES string of the molecule is CC1CN(S(=O)(=O)c2cccc(C(=O)NCCc3c[nH]c4ccccc34)c2)CC(C)O1. The first-order valence-electron chi connectivity index (χ1n) is 10.4. The van der Waals surface area contributed by atoms with Gasteiger partial charge in [0, 0.05) is 42.3 Å². The van der Waals surface area contributed by atoms with Gasteiger partial charge in [-0.05, 0) is 50.1 Å². The Labute approximate surface area is 182 Å². The van der Waals surface area contributed by atoms with Gasteiger partial charge in [0.2, 0.25) is 10.0 Å². The maximum absolute atomic E-state index is 13.1. The van der Waals surface area contributed by atoms with Crippen molar-refractivity contribution < 1.29 is 17.9 Å². The Hall–Kier alpha value is -2.68. The Kier molecular flexibility index (Phi) is 6.13. The van der Waals surface area contributed by atoms with Crippen LogP contribution in [0.2, 0.25) is 0 Å². The van der Waals surface area contributed by atoms with E-state index in [2.05, 4.69) is 10.3 Å². The van der Waals surface area contributed by atoms with Crippen molar-refractivity contribution in [2.45, 2.75) is 37.4 Å². The van der Waals surface area contributed by atoms with Crippen LogP contribution in [0.25, 0.3) is 10.9 Å². The van der Waals surface area contributed by atoms with E-state index < -0.39 is 10.0 Å². The Morgan fingerprint density at radius 3 is 2.65 bits per heavy atom. The zero-order valence-corrected chi connectivity index (χ0v) is 18.5. The van der Waals surface area contributed by atoms with Gasteiger partial charge in [0.25, 0.3) is 5.91 Å². The number of nitrogens with zero attached hydrogens (tertiary/aromatic N) is 1. The number of carbonyl (C=O) groups excluding carboxylic acids is 1. The van der Waals surface area contributed by atoms with Gasteiger partial charge in [-0.2, -0.15) is 4.31 Å². The number of aromatic amines is 1. The molecular weight excluding hydrogens is 414 g/mol. The third-order valence-corrected chi connectivity index (χ3v) is 7.30. The minimum atomic E-state index is -3.69. The summed E-state index contributed by atoms with van der Waals surface area (Å²) in [6.07, 6.45) is 2.29. The van der Waals surface area contributed by atoms with Crippen molar-refractivity contribution in [3.05, 3.63) is 65.9 Å². The molecule has 7 nitrogen and oxygen atoms in total. The summed E-state index contributed by atoms with van der Waals surface area (Å²) in [7, 11) is -3.69. The van der Waals surface area contributed by atoms with Crippen molar-refractivity contribution in [2.24, 2.45) is 0 Å². The molecule has 1 aliphatic rings. The molecule has 1 aromatic heterocycles. The summed E-state index contributed by atoms with van der Waals surface area (Å²) in [5.41, 5.74) is 2.52. The molecule has 1 fully saturated rings. The van der Waals surface area contributed by atoms with Gasteiger partial charge in [-0.3, -0.25) is 4.79 Å². The molecule has 164 valence electrons. The molecule has 0 aliphatic carbocycles. The van der Waals surface area contributed by atoms with Crippen LogP contribution in [0.4, 0.5) is 0 Å². The highest BCUT2D eigenvalue weighted by atomic mass is 32.2. The molecule has 2 unspecified atom stereocenters. The van der Waals surface area contributed by atoms with Gasteiger partial charge in [0.1, 0.15) is 0 Å². The van der Waals surface area contributed by atoms with Crippen LogP contribution in [-0.2, 0) is 21.2 Å². The molecule has 2 aromatic carbocycles. The normalized spacial score (nSPS) is 20.1. The number of carbonyl (C=O) groups is 1. The smallest absolute Gasteiger partial charge is 0.251 e. The summed E-state index contributed by atoms with van der Waals surface area (Å²) in [5, 5.41) is 4.03. The number of rotatable bonds is 6. The van der Waals surface area contributed by atoms with E-state index in [4.69, 9.17) is 4.74 Å². The van der Waals surface area contributed by atoms with E-state index in [9.17, 15) is 13.2 Å². The van der Waals surface area contributed by atoms with Crippen molar-refractivity contribution in [2.75, 3.05) is 19.6 Å². The predicted octanol–water partition coefficient (Wildman–Crippen LogP) is 2.94. The van der Waals surface area contributed by atoms with E-state index in [1.54, 1.807) is 12.1 Å². The predicted molar refractivity (Wildman–Crippen MR) is 120 cm³/mol. The van der Waals surface area contributed by atoms with Gasteiger partial charge in [-0.25, -0.2) is 8.42 Å². The minimum Gasteiger partial charge on any atom is -0.373 e. The molecule has 0 radical (unpaired) electrons. The number of hydrogen-bond acceptors (Lipinski definition) is 4. The number of benzene rings is 2. The lowest BCUT2D eigenvalue weighted by Gasteiger charge is -2.34. The summed E-state index contributed by atoms with van der Waals surface area (Å²) in [4.78, 5) is 16.0. The number of H-pyrrole nitrogens is 1. The Morgan fingerprint density at radius 2 is 1.87 bits per heavy atom. The van der Waals surface area contributed by atoms with Crippen LogP contribution < -0.4 is 5.32 Å². The Bertz CT molecular complexity index is 1180. The number of para-hydroxylation sites is 1. The summed E-state index contributed by atoms with van der Waals surface area (Å²) in [5.74, 6) is -0.291. The topological polar surface area (TPSA) is 91.5 Å². The molecule has 4 rings (SSSR count). The molecule has 0 spiro atoms. The van der Waals surface area contributed by atoms with Crippen LogP contribution in [0.15, 0.2) is 59.6 Å². The zero-order chi connectivity index (χ0) is 22.0.